The predicted molar refractivity (Wildman–Crippen MR) is 88.8 cm³/mol. The number of ether oxygens (including phenoxy) is 2. The number of rotatable bonds is 8. The number of hydrogen-bond donors (Lipinski definition) is 1. The number of methoxy groups -OCH3 is 2. The fraction of sp³-hybridized carbons (Fsp3) is 0.333. The van der Waals surface area contributed by atoms with Crippen LogP contribution in [0.1, 0.15) is 17.5 Å². The zero-order chi connectivity index (χ0) is 16.5. The van der Waals surface area contributed by atoms with Crippen LogP contribution in [0.15, 0.2) is 42.7 Å². The van der Waals surface area contributed by atoms with Crippen LogP contribution in [0.5, 0.6) is 11.5 Å². The summed E-state index contributed by atoms with van der Waals surface area (Å²) in [5.41, 5.74) is 2.08. The summed E-state index contributed by atoms with van der Waals surface area (Å²) in [6.07, 6.45) is 5.74. The minimum absolute atomic E-state index is 0.00315. The van der Waals surface area contributed by atoms with Crippen molar-refractivity contribution in [1.82, 2.24) is 10.3 Å². The first-order chi connectivity index (χ1) is 11.2. The van der Waals surface area contributed by atoms with E-state index in [1.807, 2.05) is 36.5 Å². The number of carbonyl (C=O) groups excluding carboxylic acids is 1. The highest BCUT2D eigenvalue weighted by Gasteiger charge is 2.08. The molecule has 23 heavy (non-hydrogen) atoms. The van der Waals surface area contributed by atoms with Crippen LogP contribution in [0.4, 0.5) is 0 Å². The zero-order valence-corrected chi connectivity index (χ0v) is 13.5. The first-order valence-corrected chi connectivity index (χ1v) is 7.59. The summed E-state index contributed by atoms with van der Waals surface area (Å²) in [4.78, 5) is 16.1. The molecule has 0 atom stereocenters. The molecule has 0 unspecified atom stereocenters. The van der Waals surface area contributed by atoms with Gasteiger partial charge >= 0.3 is 0 Å². The number of carbonyl (C=O) groups is 1. The van der Waals surface area contributed by atoms with E-state index >= 15 is 0 Å². The Kier molecular flexibility index (Phi) is 6.41. The van der Waals surface area contributed by atoms with Gasteiger partial charge in [-0.25, -0.2) is 0 Å². The second-order valence-corrected chi connectivity index (χ2v) is 5.18. The normalized spacial score (nSPS) is 10.2. The van der Waals surface area contributed by atoms with Gasteiger partial charge in [-0.05, 0) is 42.2 Å². The fourth-order valence-electron chi connectivity index (χ4n) is 2.30. The van der Waals surface area contributed by atoms with Crippen molar-refractivity contribution >= 4 is 5.91 Å². The average molecular weight is 314 g/mol. The Morgan fingerprint density at radius 3 is 2.65 bits per heavy atom. The first-order valence-electron chi connectivity index (χ1n) is 7.59. The van der Waals surface area contributed by atoms with Gasteiger partial charge in [-0.15, -0.1) is 0 Å². The maximum Gasteiger partial charge on any atom is 0.224 e. The number of hydrogen-bond acceptors (Lipinski definition) is 4. The smallest absolute Gasteiger partial charge is 0.224 e. The number of benzene rings is 1. The molecule has 0 fully saturated rings. The summed E-state index contributed by atoms with van der Waals surface area (Å²) >= 11 is 0. The maximum absolute atomic E-state index is 12.0. The summed E-state index contributed by atoms with van der Waals surface area (Å²) in [6, 6.07) is 9.47. The summed E-state index contributed by atoms with van der Waals surface area (Å²) < 4.78 is 10.4. The molecule has 0 bridgehead atoms. The van der Waals surface area contributed by atoms with Crippen LogP contribution in [0.2, 0.25) is 0 Å². The summed E-state index contributed by atoms with van der Waals surface area (Å²) in [5.74, 6) is 1.30. The standard InChI is InChI=1S/C18H22N2O3/c1-22-16-8-7-15(11-17(16)23-2)12-18(21)20-10-4-6-14-5-3-9-19-13-14/h3,5,7-9,11,13H,4,6,10,12H2,1-2H3,(H,20,21). The zero-order valence-electron chi connectivity index (χ0n) is 13.5. The van der Waals surface area contributed by atoms with Gasteiger partial charge in [0.05, 0.1) is 20.6 Å². The third-order valence-corrected chi connectivity index (χ3v) is 3.50. The molecule has 5 nitrogen and oxygen atoms in total. The van der Waals surface area contributed by atoms with Crippen molar-refractivity contribution in [2.45, 2.75) is 19.3 Å². The van der Waals surface area contributed by atoms with E-state index in [0.717, 1.165) is 18.4 Å². The Balaban J connectivity index is 1.76. The maximum atomic E-state index is 12.0. The SMILES string of the molecule is COc1ccc(CC(=O)NCCCc2cccnc2)cc1OC. The lowest BCUT2D eigenvalue weighted by Crippen LogP contribution is -2.26. The van der Waals surface area contributed by atoms with Crippen LogP contribution in [-0.2, 0) is 17.6 Å². The van der Waals surface area contributed by atoms with Crippen LogP contribution in [0, 0.1) is 0 Å². The molecule has 1 N–H and O–H groups in total. The van der Waals surface area contributed by atoms with E-state index in [9.17, 15) is 4.79 Å². The molecule has 2 rings (SSSR count). The average Bonchev–Trinajstić information content (AvgIpc) is 2.59. The van der Waals surface area contributed by atoms with Gasteiger partial charge in [-0.2, -0.15) is 0 Å². The van der Waals surface area contributed by atoms with Crippen LogP contribution in [-0.4, -0.2) is 31.7 Å². The Morgan fingerprint density at radius 1 is 1.13 bits per heavy atom. The second kappa shape index (κ2) is 8.78. The molecule has 1 amide bonds. The van der Waals surface area contributed by atoms with Crippen LogP contribution in [0.25, 0.3) is 0 Å². The van der Waals surface area contributed by atoms with Crippen molar-refractivity contribution in [3.05, 3.63) is 53.9 Å². The highest BCUT2D eigenvalue weighted by atomic mass is 16.5. The topological polar surface area (TPSA) is 60.5 Å². The third kappa shape index (κ3) is 5.29. The molecule has 0 aliphatic rings. The number of aromatic nitrogens is 1. The van der Waals surface area contributed by atoms with E-state index < -0.39 is 0 Å². The van der Waals surface area contributed by atoms with Gasteiger partial charge in [0.2, 0.25) is 5.91 Å². The van der Waals surface area contributed by atoms with Gasteiger partial charge in [-0.1, -0.05) is 12.1 Å². The summed E-state index contributed by atoms with van der Waals surface area (Å²) in [6.45, 7) is 0.654. The summed E-state index contributed by atoms with van der Waals surface area (Å²) in [5, 5.41) is 2.94. The molecule has 0 saturated heterocycles. The largest absolute Gasteiger partial charge is 0.493 e. The van der Waals surface area contributed by atoms with Crippen LogP contribution >= 0.6 is 0 Å². The van der Waals surface area contributed by atoms with Gasteiger partial charge < -0.3 is 14.8 Å². The number of aryl methyl sites for hydroxylation is 1. The molecule has 0 aliphatic heterocycles. The highest BCUT2D eigenvalue weighted by molar-refractivity contribution is 5.78. The number of pyridine rings is 1. The lowest BCUT2D eigenvalue weighted by Gasteiger charge is -2.10. The molecule has 0 aliphatic carbocycles. The Labute approximate surface area is 136 Å². The minimum Gasteiger partial charge on any atom is -0.493 e. The Hall–Kier alpha value is -2.56. The first kappa shape index (κ1) is 16.8. The van der Waals surface area contributed by atoms with Crippen LogP contribution < -0.4 is 14.8 Å². The van der Waals surface area contributed by atoms with Crippen molar-refractivity contribution in [2.24, 2.45) is 0 Å². The lowest BCUT2D eigenvalue weighted by atomic mass is 10.1. The van der Waals surface area contributed by atoms with E-state index in [0.29, 0.717) is 24.5 Å². The minimum atomic E-state index is 0.00315. The van der Waals surface area contributed by atoms with Gasteiger partial charge in [0.1, 0.15) is 0 Å². The number of amides is 1. The fourth-order valence-corrected chi connectivity index (χ4v) is 2.30. The second-order valence-electron chi connectivity index (χ2n) is 5.18. The third-order valence-electron chi connectivity index (χ3n) is 3.50. The Bertz CT molecular complexity index is 629. The van der Waals surface area contributed by atoms with E-state index in [1.165, 1.54) is 5.56 Å². The van der Waals surface area contributed by atoms with Crippen molar-refractivity contribution < 1.29 is 14.3 Å². The van der Waals surface area contributed by atoms with Crippen molar-refractivity contribution in [3.8, 4) is 11.5 Å². The molecule has 1 aromatic carbocycles. The predicted octanol–water partition coefficient (Wildman–Crippen LogP) is 2.39. The van der Waals surface area contributed by atoms with Gasteiger partial charge in [0.25, 0.3) is 0 Å². The lowest BCUT2D eigenvalue weighted by molar-refractivity contribution is -0.120. The molecular formula is C18H22N2O3. The van der Waals surface area contributed by atoms with Gasteiger partial charge in [-0.3, -0.25) is 9.78 Å². The number of nitrogens with one attached hydrogen (secondary N) is 1. The monoisotopic (exact) mass is 314 g/mol. The molecule has 2 aromatic rings. The quantitative estimate of drug-likeness (QED) is 0.760. The van der Waals surface area contributed by atoms with Gasteiger partial charge in [0, 0.05) is 18.9 Å². The molecule has 0 spiro atoms. The van der Waals surface area contributed by atoms with Crippen molar-refractivity contribution in [2.75, 3.05) is 20.8 Å². The molecule has 1 heterocycles. The number of nitrogens with zero attached hydrogens (tertiary/aromatic N) is 1. The van der Waals surface area contributed by atoms with Gasteiger partial charge in [0.15, 0.2) is 11.5 Å². The van der Waals surface area contributed by atoms with E-state index in [2.05, 4.69) is 10.3 Å². The van der Waals surface area contributed by atoms with Crippen molar-refractivity contribution in [1.29, 1.82) is 0 Å². The van der Waals surface area contributed by atoms with E-state index in [1.54, 1.807) is 20.4 Å². The van der Waals surface area contributed by atoms with E-state index in [-0.39, 0.29) is 5.91 Å². The Morgan fingerprint density at radius 2 is 1.96 bits per heavy atom. The van der Waals surface area contributed by atoms with Crippen LogP contribution in [0.3, 0.4) is 0 Å². The molecule has 0 radical (unpaired) electrons. The molecular weight excluding hydrogens is 292 g/mol. The molecule has 122 valence electrons. The molecule has 1 aromatic heterocycles. The molecule has 5 heteroatoms. The van der Waals surface area contributed by atoms with Crippen molar-refractivity contribution in [3.63, 3.8) is 0 Å². The molecule has 0 saturated carbocycles. The highest BCUT2D eigenvalue weighted by Crippen LogP contribution is 2.27. The summed E-state index contributed by atoms with van der Waals surface area (Å²) in [7, 11) is 3.17. The van der Waals surface area contributed by atoms with E-state index in [4.69, 9.17) is 9.47 Å².